The normalized spacial score (nSPS) is 12.1. The Morgan fingerprint density at radius 3 is 2.92 bits per heavy atom. The zero-order chi connectivity index (χ0) is 17.1. The van der Waals surface area contributed by atoms with Crippen molar-refractivity contribution in [3.8, 4) is 5.69 Å². The van der Waals surface area contributed by atoms with Gasteiger partial charge in [-0.15, -0.1) is 0 Å². The second kappa shape index (κ2) is 6.84. The first-order valence-corrected chi connectivity index (χ1v) is 7.96. The van der Waals surface area contributed by atoms with Crippen LogP contribution in [-0.2, 0) is 6.54 Å². The zero-order valence-corrected chi connectivity index (χ0v) is 14.1. The number of nitrogens with one attached hydrogen (secondary N) is 1. The highest BCUT2D eigenvalue weighted by Gasteiger charge is 2.18. The van der Waals surface area contributed by atoms with E-state index in [1.165, 1.54) is 6.33 Å². The van der Waals surface area contributed by atoms with Gasteiger partial charge in [0.25, 0.3) is 5.91 Å². The fourth-order valence-electron chi connectivity index (χ4n) is 2.44. The van der Waals surface area contributed by atoms with Crippen LogP contribution >= 0.6 is 11.6 Å². The molecule has 1 amide bonds. The average molecular weight is 345 g/mol. The smallest absolute Gasteiger partial charge is 0.253 e. The van der Waals surface area contributed by atoms with E-state index >= 15 is 0 Å². The van der Waals surface area contributed by atoms with Crippen LogP contribution in [0, 0.1) is 0 Å². The number of halogens is 1. The van der Waals surface area contributed by atoms with Gasteiger partial charge >= 0.3 is 0 Å². The minimum atomic E-state index is -0.288. The van der Waals surface area contributed by atoms with Crippen LogP contribution in [-0.4, -0.2) is 30.5 Å². The standard InChI is InChI=1S/C16H17ClN6O/c1-3-22-15(18-10-20-22)11(2)21-16(24)13-9-12(5-6-14(13)17)23-8-4-7-19-23/h4-11H,3H2,1-2H3,(H,21,24)/t11-/m1/s1. The number of hydrogen-bond acceptors (Lipinski definition) is 4. The third-order valence-electron chi connectivity index (χ3n) is 3.64. The number of amides is 1. The third kappa shape index (κ3) is 3.16. The molecule has 0 fully saturated rings. The lowest BCUT2D eigenvalue weighted by molar-refractivity contribution is 0.0937. The van der Waals surface area contributed by atoms with Crippen LogP contribution in [0.15, 0.2) is 43.0 Å². The van der Waals surface area contributed by atoms with Gasteiger partial charge in [0.1, 0.15) is 12.2 Å². The molecule has 3 rings (SSSR count). The highest BCUT2D eigenvalue weighted by molar-refractivity contribution is 6.33. The van der Waals surface area contributed by atoms with Crippen LogP contribution in [0.3, 0.4) is 0 Å². The molecule has 0 radical (unpaired) electrons. The minimum absolute atomic E-state index is 0.271. The molecule has 0 aliphatic carbocycles. The first-order valence-electron chi connectivity index (χ1n) is 7.58. The van der Waals surface area contributed by atoms with E-state index in [-0.39, 0.29) is 11.9 Å². The molecule has 7 nitrogen and oxygen atoms in total. The quantitative estimate of drug-likeness (QED) is 0.771. The van der Waals surface area contributed by atoms with E-state index in [9.17, 15) is 4.79 Å². The largest absolute Gasteiger partial charge is 0.342 e. The zero-order valence-electron chi connectivity index (χ0n) is 13.3. The lowest BCUT2D eigenvalue weighted by atomic mass is 10.1. The summed E-state index contributed by atoms with van der Waals surface area (Å²) in [5.74, 6) is 0.428. The van der Waals surface area contributed by atoms with Crippen LogP contribution in [0.1, 0.15) is 36.1 Å². The highest BCUT2D eigenvalue weighted by Crippen LogP contribution is 2.21. The number of carbonyl (C=O) groups is 1. The van der Waals surface area contributed by atoms with Crippen molar-refractivity contribution in [1.82, 2.24) is 29.9 Å². The van der Waals surface area contributed by atoms with E-state index < -0.39 is 0 Å². The van der Waals surface area contributed by atoms with Gasteiger partial charge in [-0.2, -0.15) is 10.2 Å². The predicted octanol–water partition coefficient (Wildman–Crippen LogP) is 2.63. The van der Waals surface area contributed by atoms with Gasteiger partial charge in [0.2, 0.25) is 0 Å². The lowest BCUT2D eigenvalue weighted by Gasteiger charge is -2.15. The number of nitrogens with zero attached hydrogens (tertiary/aromatic N) is 5. The van der Waals surface area contributed by atoms with Gasteiger partial charge in [-0.1, -0.05) is 11.6 Å². The van der Waals surface area contributed by atoms with Crippen LogP contribution in [0.4, 0.5) is 0 Å². The summed E-state index contributed by atoms with van der Waals surface area (Å²) in [6.07, 6.45) is 4.96. The van der Waals surface area contributed by atoms with E-state index in [4.69, 9.17) is 11.6 Å². The number of hydrogen-bond donors (Lipinski definition) is 1. The summed E-state index contributed by atoms with van der Waals surface area (Å²) >= 11 is 6.20. The number of aryl methyl sites for hydroxylation is 1. The fourth-order valence-corrected chi connectivity index (χ4v) is 2.65. The highest BCUT2D eigenvalue weighted by atomic mass is 35.5. The van der Waals surface area contributed by atoms with Crippen LogP contribution in [0.2, 0.25) is 5.02 Å². The third-order valence-corrected chi connectivity index (χ3v) is 3.97. The van der Waals surface area contributed by atoms with Crippen molar-refractivity contribution in [3.63, 3.8) is 0 Å². The van der Waals surface area contributed by atoms with Gasteiger partial charge in [0.15, 0.2) is 0 Å². The maximum absolute atomic E-state index is 12.6. The Morgan fingerprint density at radius 2 is 2.21 bits per heavy atom. The van der Waals surface area contributed by atoms with Gasteiger partial charge in [-0.05, 0) is 38.1 Å². The molecule has 2 aromatic heterocycles. The van der Waals surface area contributed by atoms with Gasteiger partial charge < -0.3 is 5.32 Å². The lowest BCUT2D eigenvalue weighted by Crippen LogP contribution is -2.29. The summed E-state index contributed by atoms with van der Waals surface area (Å²) in [6.45, 7) is 4.52. The molecular formula is C16H17ClN6O. The Bertz CT molecular complexity index is 842. The molecule has 2 heterocycles. The molecule has 0 bridgehead atoms. The summed E-state index contributed by atoms with van der Waals surface area (Å²) in [4.78, 5) is 16.8. The van der Waals surface area contributed by atoms with Gasteiger partial charge in [0.05, 0.1) is 22.3 Å². The van der Waals surface area contributed by atoms with Crippen LogP contribution in [0.5, 0.6) is 0 Å². The maximum atomic E-state index is 12.6. The Morgan fingerprint density at radius 1 is 1.38 bits per heavy atom. The Hall–Kier alpha value is -2.67. The van der Waals surface area contributed by atoms with Crippen molar-refractivity contribution in [2.24, 2.45) is 0 Å². The second-order valence-electron chi connectivity index (χ2n) is 5.24. The summed E-state index contributed by atoms with van der Waals surface area (Å²) in [7, 11) is 0. The number of aromatic nitrogens is 5. The monoisotopic (exact) mass is 344 g/mol. The molecule has 0 aliphatic heterocycles. The van der Waals surface area contributed by atoms with E-state index in [0.717, 1.165) is 5.69 Å². The molecule has 24 heavy (non-hydrogen) atoms. The molecule has 0 saturated heterocycles. The SMILES string of the molecule is CCn1ncnc1[C@@H](C)NC(=O)c1cc(-n2cccn2)ccc1Cl. The van der Waals surface area contributed by atoms with E-state index in [2.05, 4.69) is 20.5 Å². The van der Waals surface area contributed by atoms with Crippen molar-refractivity contribution in [3.05, 3.63) is 59.4 Å². The molecule has 0 spiro atoms. The number of carbonyl (C=O) groups excluding carboxylic acids is 1. The van der Waals surface area contributed by atoms with Crippen molar-refractivity contribution in [1.29, 1.82) is 0 Å². The predicted molar refractivity (Wildman–Crippen MR) is 90.2 cm³/mol. The van der Waals surface area contributed by atoms with Crippen molar-refractivity contribution >= 4 is 17.5 Å². The van der Waals surface area contributed by atoms with Gasteiger partial charge in [0, 0.05) is 18.9 Å². The molecule has 0 saturated carbocycles. The van der Waals surface area contributed by atoms with Crippen molar-refractivity contribution in [2.45, 2.75) is 26.4 Å². The number of benzene rings is 1. The topological polar surface area (TPSA) is 77.6 Å². The van der Waals surface area contributed by atoms with Crippen LogP contribution < -0.4 is 5.32 Å². The number of rotatable bonds is 5. The molecule has 0 aliphatic rings. The first kappa shape index (κ1) is 16.2. The van der Waals surface area contributed by atoms with Crippen LogP contribution in [0.25, 0.3) is 5.69 Å². The van der Waals surface area contributed by atoms with Gasteiger partial charge in [-0.25, -0.2) is 14.3 Å². The van der Waals surface area contributed by atoms with E-state index in [0.29, 0.717) is 23.0 Å². The Balaban J connectivity index is 1.83. The average Bonchev–Trinajstić information content (AvgIpc) is 3.26. The van der Waals surface area contributed by atoms with Crippen molar-refractivity contribution in [2.75, 3.05) is 0 Å². The molecule has 1 N–H and O–H groups in total. The summed E-state index contributed by atoms with van der Waals surface area (Å²) in [5, 5.41) is 11.6. The summed E-state index contributed by atoms with van der Waals surface area (Å²) in [6, 6.07) is 6.73. The summed E-state index contributed by atoms with van der Waals surface area (Å²) < 4.78 is 3.41. The first-order chi connectivity index (χ1) is 11.6. The van der Waals surface area contributed by atoms with E-state index in [1.807, 2.05) is 26.0 Å². The Kier molecular flexibility index (Phi) is 4.61. The molecule has 1 aromatic carbocycles. The second-order valence-corrected chi connectivity index (χ2v) is 5.65. The van der Waals surface area contributed by atoms with E-state index in [1.54, 1.807) is 33.9 Å². The Labute approximate surface area is 144 Å². The van der Waals surface area contributed by atoms with Gasteiger partial charge in [-0.3, -0.25) is 4.79 Å². The molecule has 1 atom stereocenters. The molecule has 124 valence electrons. The molecule has 0 unspecified atom stereocenters. The minimum Gasteiger partial charge on any atom is -0.342 e. The van der Waals surface area contributed by atoms with Crippen molar-refractivity contribution < 1.29 is 4.79 Å². The molecular weight excluding hydrogens is 328 g/mol. The fraction of sp³-hybridized carbons (Fsp3) is 0.250. The summed E-state index contributed by atoms with van der Waals surface area (Å²) in [5.41, 5.74) is 1.15. The molecule has 8 heteroatoms. The maximum Gasteiger partial charge on any atom is 0.253 e. The molecule has 3 aromatic rings.